The van der Waals surface area contributed by atoms with Gasteiger partial charge in [0.1, 0.15) is 4.90 Å². The number of nitrogens with zero attached hydrogens (tertiary/aromatic N) is 3. The van der Waals surface area contributed by atoms with Crippen LogP contribution < -0.4 is 0 Å². The van der Waals surface area contributed by atoms with E-state index in [2.05, 4.69) is 0 Å². The zero-order valence-corrected chi connectivity index (χ0v) is 15.9. The van der Waals surface area contributed by atoms with E-state index in [-0.39, 0.29) is 38.5 Å². The molecule has 1 amide bonds. The zero-order chi connectivity index (χ0) is 21.2. The van der Waals surface area contributed by atoms with E-state index in [1.165, 1.54) is 4.90 Å². The molecule has 3 rings (SSSR count). The highest BCUT2D eigenvalue weighted by molar-refractivity contribution is 7.89. The van der Waals surface area contributed by atoms with E-state index in [1.54, 1.807) is 24.3 Å². The van der Waals surface area contributed by atoms with E-state index in [4.69, 9.17) is 5.26 Å². The van der Waals surface area contributed by atoms with Gasteiger partial charge in [-0.05, 0) is 29.8 Å². The molecule has 1 aliphatic heterocycles. The first-order valence-electron chi connectivity index (χ1n) is 8.64. The molecule has 1 saturated heterocycles. The van der Waals surface area contributed by atoms with Crippen LogP contribution in [0.3, 0.4) is 0 Å². The van der Waals surface area contributed by atoms with Crippen LogP contribution in [0.25, 0.3) is 0 Å². The van der Waals surface area contributed by atoms with Crippen LogP contribution in [-0.2, 0) is 16.4 Å². The van der Waals surface area contributed by atoms with E-state index in [0.717, 1.165) is 4.31 Å². The van der Waals surface area contributed by atoms with Gasteiger partial charge in [-0.15, -0.1) is 0 Å². The number of amides is 1. The summed E-state index contributed by atoms with van der Waals surface area (Å²) in [5.74, 6) is -5.41. The Morgan fingerprint density at radius 1 is 1.03 bits per heavy atom. The maximum absolute atomic E-state index is 13.9. The standard InChI is InChI=1S/C19H16F3N3O3S/c20-15-4-5-16(18(22)17(15)21)29(27,28)25-10-8-24(9-11-25)19(26)14-3-1-2-13(12-14)6-7-23/h1-5,12H,6,8-11H2. The summed E-state index contributed by atoms with van der Waals surface area (Å²) >= 11 is 0. The average Bonchev–Trinajstić information content (AvgIpc) is 2.72. The average molecular weight is 423 g/mol. The lowest BCUT2D eigenvalue weighted by Gasteiger charge is -2.34. The second-order valence-corrected chi connectivity index (χ2v) is 8.31. The van der Waals surface area contributed by atoms with E-state index < -0.39 is 32.4 Å². The van der Waals surface area contributed by atoms with Crippen LogP contribution in [0.15, 0.2) is 41.3 Å². The molecule has 0 atom stereocenters. The van der Waals surface area contributed by atoms with Crippen molar-refractivity contribution < 1.29 is 26.4 Å². The molecule has 10 heteroatoms. The van der Waals surface area contributed by atoms with Crippen LogP contribution in [0.4, 0.5) is 13.2 Å². The first-order chi connectivity index (χ1) is 13.8. The highest BCUT2D eigenvalue weighted by atomic mass is 32.2. The Morgan fingerprint density at radius 2 is 1.72 bits per heavy atom. The summed E-state index contributed by atoms with van der Waals surface area (Å²) in [6, 6.07) is 9.82. The van der Waals surface area contributed by atoms with Gasteiger partial charge in [-0.3, -0.25) is 4.79 Å². The van der Waals surface area contributed by atoms with Gasteiger partial charge in [0.15, 0.2) is 17.5 Å². The van der Waals surface area contributed by atoms with E-state index >= 15 is 0 Å². The molecule has 152 valence electrons. The molecule has 1 fully saturated rings. The fourth-order valence-electron chi connectivity index (χ4n) is 3.07. The maximum Gasteiger partial charge on any atom is 0.253 e. The van der Waals surface area contributed by atoms with Gasteiger partial charge in [-0.2, -0.15) is 9.57 Å². The second-order valence-electron chi connectivity index (χ2n) is 6.41. The number of benzene rings is 2. The number of piperazine rings is 1. The number of rotatable bonds is 4. The van der Waals surface area contributed by atoms with Crippen LogP contribution in [0.1, 0.15) is 15.9 Å². The Balaban J connectivity index is 1.73. The normalized spacial score (nSPS) is 15.2. The SMILES string of the molecule is N#CCc1cccc(C(=O)N2CCN(S(=O)(=O)c3ccc(F)c(F)c3F)CC2)c1. The van der Waals surface area contributed by atoms with Crippen molar-refractivity contribution in [1.82, 2.24) is 9.21 Å². The molecule has 29 heavy (non-hydrogen) atoms. The molecule has 0 unspecified atom stereocenters. The highest BCUT2D eigenvalue weighted by Crippen LogP contribution is 2.24. The van der Waals surface area contributed by atoms with Gasteiger partial charge in [0.25, 0.3) is 5.91 Å². The summed E-state index contributed by atoms with van der Waals surface area (Å²) in [4.78, 5) is 13.1. The van der Waals surface area contributed by atoms with Gasteiger partial charge in [0, 0.05) is 31.7 Å². The van der Waals surface area contributed by atoms with Crippen molar-refractivity contribution in [3.8, 4) is 6.07 Å². The second kappa shape index (κ2) is 8.23. The molecule has 0 N–H and O–H groups in total. The molecular weight excluding hydrogens is 407 g/mol. The largest absolute Gasteiger partial charge is 0.336 e. The number of nitriles is 1. The third-order valence-corrected chi connectivity index (χ3v) is 6.52. The first kappa shape index (κ1) is 20.8. The third kappa shape index (κ3) is 4.11. The Bertz CT molecular complexity index is 1090. The van der Waals surface area contributed by atoms with Crippen molar-refractivity contribution in [3.63, 3.8) is 0 Å². The van der Waals surface area contributed by atoms with Crippen LogP contribution in [-0.4, -0.2) is 49.7 Å². The smallest absolute Gasteiger partial charge is 0.253 e. The molecular formula is C19H16F3N3O3S. The lowest BCUT2D eigenvalue weighted by molar-refractivity contribution is 0.0697. The Morgan fingerprint density at radius 3 is 2.38 bits per heavy atom. The summed E-state index contributed by atoms with van der Waals surface area (Å²) in [7, 11) is -4.38. The van der Waals surface area contributed by atoms with Crippen molar-refractivity contribution in [2.24, 2.45) is 0 Å². The molecule has 0 radical (unpaired) electrons. The molecule has 1 aliphatic rings. The van der Waals surface area contributed by atoms with Gasteiger partial charge in [0.2, 0.25) is 10.0 Å². The molecule has 0 bridgehead atoms. The lowest BCUT2D eigenvalue weighted by Crippen LogP contribution is -2.50. The Hall–Kier alpha value is -2.90. The molecule has 0 spiro atoms. The van der Waals surface area contributed by atoms with Crippen LogP contribution in [0, 0.1) is 28.8 Å². The predicted octanol–water partition coefficient (Wildman–Crippen LogP) is 2.32. The number of sulfonamides is 1. The summed E-state index contributed by atoms with van der Waals surface area (Å²) in [6.07, 6.45) is 0.160. The van der Waals surface area contributed by atoms with Gasteiger partial charge < -0.3 is 4.90 Å². The molecule has 2 aromatic rings. The van der Waals surface area contributed by atoms with Crippen LogP contribution in [0.2, 0.25) is 0 Å². The number of carbonyl (C=O) groups is 1. The Labute approximate surface area is 165 Å². The fraction of sp³-hybridized carbons (Fsp3) is 0.263. The van der Waals surface area contributed by atoms with E-state index in [9.17, 15) is 26.4 Å². The number of hydrogen-bond donors (Lipinski definition) is 0. The number of hydrogen-bond acceptors (Lipinski definition) is 4. The van der Waals surface area contributed by atoms with Crippen molar-refractivity contribution >= 4 is 15.9 Å². The topological polar surface area (TPSA) is 81.5 Å². The molecule has 2 aromatic carbocycles. The van der Waals surface area contributed by atoms with Crippen molar-refractivity contribution in [1.29, 1.82) is 5.26 Å². The molecule has 1 heterocycles. The van der Waals surface area contributed by atoms with Gasteiger partial charge in [0.05, 0.1) is 12.5 Å². The third-order valence-electron chi connectivity index (χ3n) is 4.60. The Kier molecular flexibility index (Phi) is 5.91. The predicted molar refractivity (Wildman–Crippen MR) is 96.7 cm³/mol. The van der Waals surface area contributed by atoms with Gasteiger partial charge >= 0.3 is 0 Å². The summed E-state index contributed by atoms with van der Waals surface area (Å²) in [6.45, 7) is -0.146. The van der Waals surface area contributed by atoms with Crippen molar-refractivity contribution in [2.45, 2.75) is 11.3 Å². The highest BCUT2D eigenvalue weighted by Gasteiger charge is 2.33. The van der Waals surface area contributed by atoms with Crippen LogP contribution >= 0.6 is 0 Å². The molecule has 6 nitrogen and oxygen atoms in total. The summed E-state index contributed by atoms with van der Waals surface area (Å²) in [5, 5.41) is 8.77. The van der Waals surface area contributed by atoms with Gasteiger partial charge in [-0.25, -0.2) is 21.6 Å². The van der Waals surface area contributed by atoms with Crippen molar-refractivity contribution in [2.75, 3.05) is 26.2 Å². The van der Waals surface area contributed by atoms with E-state index in [0.29, 0.717) is 23.3 Å². The first-order valence-corrected chi connectivity index (χ1v) is 10.1. The molecule has 0 saturated carbocycles. The number of carbonyl (C=O) groups excluding carboxylic acids is 1. The quantitative estimate of drug-likeness (QED) is 0.707. The lowest BCUT2D eigenvalue weighted by atomic mass is 10.1. The monoisotopic (exact) mass is 423 g/mol. The zero-order valence-electron chi connectivity index (χ0n) is 15.1. The summed E-state index contributed by atoms with van der Waals surface area (Å²) in [5.41, 5.74) is 1.06. The minimum absolute atomic E-state index is 0.0475. The molecule has 0 aromatic heterocycles. The van der Waals surface area contributed by atoms with Crippen molar-refractivity contribution in [3.05, 3.63) is 65.0 Å². The minimum Gasteiger partial charge on any atom is -0.336 e. The van der Waals surface area contributed by atoms with Gasteiger partial charge in [-0.1, -0.05) is 12.1 Å². The minimum atomic E-state index is -4.38. The molecule has 0 aliphatic carbocycles. The summed E-state index contributed by atoms with van der Waals surface area (Å²) < 4.78 is 66.6. The number of halogens is 3. The van der Waals surface area contributed by atoms with E-state index in [1.807, 2.05) is 6.07 Å². The maximum atomic E-state index is 13.9. The van der Waals surface area contributed by atoms with Crippen LogP contribution in [0.5, 0.6) is 0 Å². The fourth-order valence-corrected chi connectivity index (χ4v) is 4.54.